The lowest BCUT2D eigenvalue weighted by molar-refractivity contribution is 0.102. The molecule has 0 saturated carbocycles. The molecule has 1 amide bonds. The molecule has 0 bridgehead atoms. The summed E-state index contributed by atoms with van der Waals surface area (Å²) >= 11 is 3.41. The minimum atomic E-state index is -0.402. The second-order valence-corrected chi connectivity index (χ2v) is 7.05. The monoisotopic (exact) mass is 437 g/mol. The third kappa shape index (κ3) is 4.49. The van der Waals surface area contributed by atoms with Gasteiger partial charge in [0, 0.05) is 4.47 Å². The van der Waals surface area contributed by atoms with Gasteiger partial charge < -0.3 is 0 Å². The van der Waals surface area contributed by atoms with Gasteiger partial charge in [0.05, 0.1) is 19.3 Å². The largest absolute Gasteiger partial charge is 0.288 e. The van der Waals surface area contributed by atoms with Gasteiger partial charge in [0.2, 0.25) is 5.95 Å². The number of amides is 1. The van der Waals surface area contributed by atoms with Gasteiger partial charge in [0.1, 0.15) is 6.33 Å². The topological polar surface area (TPSA) is 90.5 Å². The van der Waals surface area contributed by atoms with Crippen molar-refractivity contribution < 1.29 is 4.79 Å². The molecule has 0 spiro atoms. The van der Waals surface area contributed by atoms with Crippen LogP contribution >= 0.6 is 15.9 Å². The first kappa shape index (κ1) is 18.1. The van der Waals surface area contributed by atoms with Crippen molar-refractivity contribution in [2.24, 2.45) is 0 Å². The molecule has 2 aromatic carbocycles. The Labute approximate surface area is 169 Å². The van der Waals surface area contributed by atoms with Crippen molar-refractivity contribution in [1.29, 1.82) is 0 Å². The van der Waals surface area contributed by atoms with Crippen LogP contribution in [0.2, 0.25) is 0 Å². The smallest absolute Gasteiger partial charge is 0.280 e. The molecule has 4 rings (SSSR count). The summed E-state index contributed by atoms with van der Waals surface area (Å²) in [5.74, 6) is -0.180. The van der Waals surface area contributed by atoms with Crippen molar-refractivity contribution in [3.8, 4) is 0 Å². The van der Waals surface area contributed by atoms with Crippen LogP contribution in [-0.2, 0) is 13.1 Å². The molecule has 0 saturated heterocycles. The van der Waals surface area contributed by atoms with Crippen LogP contribution in [-0.4, -0.2) is 35.7 Å². The van der Waals surface area contributed by atoms with E-state index < -0.39 is 5.91 Å². The molecule has 8 nitrogen and oxygen atoms in total. The summed E-state index contributed by atoms with van der Waals surface area (Å²) in [6, 6.07) is 17.8. The first-order valence-electron chi connectivity index (χ1n) is 8.55. The van der Waals surface area contributed by atoms with E-state index in [0.717, 1.165) is 15.6 Å². The van der Waals surface area contributed by atoms with Crippen molar-refractivity contribution in [2.75, 3.05) is 5.32 Å². The summed E-state index contributed by atoms with van der Waals surface area (Å²) in [6.07, 6.45) is 3.17. The highest BCUT2D eigenvalue weighted by molar-refractivity contribution is 9.10. The van der Waals surface area contributed by atoms with E-state index in [9.17, 15) is 4.79 Å². The summed E-state index contributed by atoms with van der Waals surface area (Å²) in [5, 5.41) is 14.8. The van der Waals surface area contributed by atoms with E-state index in [1.54, 1.807) is 21.9 Å². The molecule has 2 heterocycles. The van der Waals surface area contributed by atoms with Gasteiger partial charge >= 0.3 is 0 Å². The number of carbonyl (C=O) groups is 1. The first-order chi connectivity index (χ1) is 13.7. The van der Waals surface area contributed by atoms with Crippen LogP contribution in [0.15, 0.2) is 71.6 Å². The van der Waals surface area contributed by atoms with Crippen LogP contribution in [0.1, 0.15) is 21.6 Å². The Bertz CT molecular complexity index is 1070. The number of hydrogen-bond donors (Lipinski definition) is 1. The zero-order chi connectivity index (χ0) is 19.3. The number of aromatic nitrogens is 6. The van der Waals surface area contributed by atoms with Crippen molar-refractivity contribution >= 4 is 27.8 Å². The van der Waals surface area contributed by atoms with Gasteiger partial charge in [-0.2, -0.15) is 0 Å². The van der Waals surface area contributed by atoms with Gasteiger partial charge in [-0.05, 0) is 23.3 Å². The molecule has 0 aliphatic rings. The van der Waals surface area contributed by atoms with E-state index in [1.165, 1.54) is 0 Å². The van der Waals surface area contributed by atoms with Crippen LogP contribution < -0.4 is 5.32 Å². The van der Waals surface area contributed by atoms with E-state index in [2.05, 4.69) is 41.6 Å². The average molecular weight is 438 g/mol. The third-order valence-electron chi connectivity index (χ3n) is 3.98. The molecule has 0 atom stereocenters. The molecule has 140 valence electrons. The molecule has 0 radical (unpaired) electrons. The van der Waals surface area contributed by atoms with Crippen molar-refractivity contribution in [3.63, 3.8) is 0 Å². The maximum absolute atomic E-state index is 12.4. The molecular formula is C19H16BrN7O. The number of nitrogens with zero attached hydrogens (tertiary/aromatic N) is 6. The molecule has 0 aliphatic heterocycles. The lowest BCUT2D eigenvalue weighted by atomic mass is 10.2. The number of nitrogens with one attached hydrogen (secondary N) is 1. The van der Waals surface area contributed by atoms with Gasteiger partial charge in [0.25, 0.3) is 5.91 Å². The SMILES string of the molecule is O=C(Nc1ncn(Cc2ccc(Br)cc2)n1)c1cn(Cc2ccccc2)nn1. The van der Waals surface area contributed by atoms with E-state index in [4.69, 9.17) is 0 Å². The normalized spacial score (nSPS) is 10.8. The summed E-state index contributed by atoms with van der Waals surface area (Å²) in [7, 11) is 0. The maximum atomic E-state index is 12.4. The third-order valence-corrected chi connectivity index (χ3v) is 4.51. The number of rotatable bonds is 6. The van der Waals surface area contributed by atoms with E-state index in [-0.39, 0.29) is 11.6 Å². The Kier molecular flexibility index (Phi) is 5.24. The van der Waals surface area contributed by atoms with Crippen molar-refractivity contribution in [3.05, 3.63) is 88.4 Å². The van der Waals surface area contributed by atoms with Crippen LogP contribution in [0.3, 0.4) is 0 Å². The maximum Gasteiger partial charge on any atom is 0.280 e. The summed E-state index contributed by atoms with van der Waals surface area (Å²) < 4.78 is 4.29. The molecule has 2 aromatic heterocycles. The summed E-state index contributed by atoms with van der Waals surface area (Å²) in [5.41, 5.74) is 2.36. The lowest BCUT2D eigenvalue weighted by Crippen LogP contribution is -2.14. The number of halogens is 1. The molecule has 0 fully saturated rings. The second kappa shape index (κ2) is 8.13. The summed E-state index contributed by atoms with van der Waals surface area (Å²) in [6.45, 7) is 1.10. The quantitative estimate of drug-likeness (QED) is 0.500. The average Bonchev–Trinajstić information content (AvgIpc) is 3.34. The highest BCUT2D eigenvalue weighted by Gasteiger charge is 2.13. The molecule has 28 heavy (non-hydrogen) atoms. The molecule has 9 heteroatoms. The second-order valence-electron chi connectivity index (χ2n) is 6.13. The van der Waals surface area contributed by atoms with Crippen LogP contribution in [0, 0.1) is 0 Å². The molecule has 0 aliphatic carbocycles. The highest BCUT2D eigenvalue weighted by Crippen LogP contribution is 2.12. The number of anilines is 1. The Morgan fingerprint density at radius 2 is 1.68 bits per heavy atom. The number of carbonyl (C=O) groups excluding carboxylic acids is 1. The van der Waals surface area contributed by atoms with Gasteiger partial charge in [-0.1, -0.05) is 63.6 Å². The fraction of sp³-hybridized carbons (Fsp3) is 0.105. The highest BCUT2D eigenvalue weighted by atomic mass is 79.9. The molecule has 4 aromatic rings. The molecule has 0 unspecified atom stereocenters. The van der Waals surface area contributed by atoms with Crippen LogP contribution in [0.25, 0.3) is 0 Å². The predicted octanol–water partition coefficient (Wildman–Crippen LogP) is 2.98. The number of hydrogen-bond acceptors (Lipinski definition) is 5. The summed E-state index contributed by atoms with van der Waals surface area (Å²) in [4.78, 5) is 16.5. The molecular weight excluding hydrogens is 422 g/mol. The standard InChI is InChI=1S/C19H16BrN7O/c20-16-8-6-15(7-9-16)11-27-13-21-19(24-27)22-18(28)17-12-26(25-23-17)10-14-4-2-1-3-5-14/h1-9,12-13H,10-11H2,(H,22,24,28). The Balaban J connectivity index is 1.37. The van der Waals surface area contributed by atoms with Crippen molar-refractivity contribution in [2.45, 2.75) is 13.1 Å². The minimum absolute atomic E-state index is 0.209. The lowest BCUT2D eigenvalue weighted by Gasteiger charge is -2.01. The van der Waals surface area contributed by atoms with Crippen molar-refractivity contribution in [1.82, 2.24) is 29.8 Å². The minimum Gasteiger partial charge on any atom is -0.288 e. The first-order valence-corrected chi connectivity index (χ1v) is 9.34. The van der Waals surface area contributed by atoms with Gasteiger partial charge in [-0.3, -0.25) is 10.1 Å². The van der Waals surface area contributed by atoms with Gasteiger partial charge in [-0.15, -0.1) is 10.2 Å². The predicted molar refractivity (Wildman–Crippen MR) is 107 cm³/mol. The fourth-order valence-electron chi connectivity index (χ4n) is 2.62. The van der Waals surface area contributed by atoms with Gasteiger partial charge in [0.15, 0.2) is 5.69 Å². The van der Waals surface area contributed by atoms with E-state index in [1.807, 2.05) is 54.6 Å². The fourth-order valence-corrected chi connectivity index (χ4v) is 2.89. The Morgan fingerprint density at radius 3 is 2.46 bits per heavy atom. The Hall–Kier alpha value is -3.33. The zero-order valence-corrected chi connectivity index (χ0v) is 16.3. The zero-order valence-electron chi connectivity index (χ0n) is 14.7. The van der Waals surface area contributed by atoms with Crippen LogP contribution in [0.4, 0.5) is 5.95 Å². The van der Waals surface area contributed by atoms with Gasteiger partial charge in [-0.25, -0.2) is 14.3 Å². The Morgan fingerprint density at radius 1 is 0.964 bits per heavy atom. The van der Waals surface area contributed by atoms with E-state index in [0.29, 0.717) is 13.1 Å². The molecule has 1 N–H and O–H groups in total. The van der Waals surface area contributed by atoms with E-state index >= 15 is 0 Å². The van der Waals surface area contributed by atoms with Crippen LogP contribution in [0.5, 0.6) is 0 Å². The number of benzene rings is 2.